The molecule has 0 saturated carbocycles. The normalized spacial score (nSPS) is 21.1. The first-order valence-corrected chi connectivity index (χ1v) is 26.4. The van der Waals surface area contributed by atoms with Gasteiger partial charge >= 0.3 is 25.7 Å². The summed E-state index contributed by atoms with van der Waals surface area (Å²) in [5.74, 6) is 0. The van der Waals surface area contributed by atoms with Crippen molar-refractivity contribution in [2.24, 2.45) is 0 Å². The first-order chi connectivity index (χ1) is 13.4. The highest BCUT2D eigenvalue weighted by molar-refractivity contribution is 6.90. The molecule has 0 aromatic heterocycles. The number of ether oxygens (including phenoxy) is 2. The largest absolute Gasteiger partial charge is 0.437 e. The van der Waals surface area contributed by atoms with Crippen LogP contribution in [0, 0.1) is 0 Å². The summed E-state index contributed by atoms with van der Waals surface area (Å²) in [7, 11) is -10.5. The van der Waals surface area contributed by atoms with Gasteiger partial charge in [-0.05, 0) is 97.3 Å². The maximum absolute atomic E-state index is 6.79. The number of hydrogen-bond acceptors (Lipinski definition) is 6. The lowest BCUT2D eigenvalue weighted by Gasteiger charge is -2.42. The molecule has 1 aliphatic rings. The number of rotatable bonds is 14. The van der Waals surface area contributed by atoms with Crippen molar-refractivity contribution in [2.45, 2.75) is 103 Å². The Morgan fingerprint density at radius 3 is 1.80 bits per heavy atom. The zero-order valence-corrected chi connectivity index (χ0v) is 26.5. The summed E-state index contributed by atoms with van der Waals surface area (Å²) < 4.78 is 38.0. The molecule has 0 aromatic carbocycles. The van der Waals surface area contributed by atoms with Crippen LogP contribution in [0.25, 0.3) is 0 Å². The molecule has 0 aliphatic carbocycles. The van der Waals surface area contributed by atoms with Gasteiger partial charge in [0.05, 0.1) is 12.7 Å². The molecule has 0 aromatic rings. The van der Waals surface area contributed by atoms with Crippen LogP contribution in [0.3, 0.4) is 0 Å². The third-order valence-corrected chi connectivity index (χ3v) is 21.8. The van der Waals surface area contributed by atoms with Crippen LogP contribution >= 0.6 is 0 Å². The second-order valence-electron chi connectivity index (χ2n) is 11.4. The first-order valence-electron chi connectivity index (χ1n) is 11.4. The molecule has 1 rings (SSSR count). The van der Waals surface area contributed by atoms with Crippen molar-refractivity contribution in [1.29, 1.82) is 0 Å². The van der Waals surface area contributed by atoms with Gasteiger partial charge in [-0.2, -0.15) is 0 Å². The van der Waals surface area contributed by atoms with Gasteiger partial charge in [-0.25, -0.2) is 0 Å². The van der Waals surface area contributed by atoms with Crippen molar-refractivity contribution in [3.8, 4) is 0 Å². The van der Waals surface area contributed by atoms with Gasteiger partial charge in [0.2, 0.25) is 0 Å². The van der Waals surface area contributed by atoms with Crippen molar-refractivity contribution < 1.29 is 25.9 Å². The summed E-state index contributed by atoms with van der Waals surface area (Å²) in [5.41, 5.74) is 0. The van der Waals surface area contributed by atoms with Gasteiger partial charge in [0.1, 0.15) is 0 Å². The van der Waals surface area contributed by atoms with Gasteiger partial charge in [0.25, 0.3) is 0 Å². The molecule has 0 radical (unpaired) electrons. The van der Waals surface area contributed by atoms with Gasteiger partial charge < -0.3 is 25.9 Å². The molecule has 11 heteroatoms. The predicted molar refractivity (Wildman–Crippen MR) is 137 cm³/mol. The summed E-state index contributed by atoms with van der Waals surface area (Å²) >= 11 is 0. The van der Waals surface area contributed by atoms with Crippen molar-refractivity contribution in [3.05, 3.63) is 0 Å². The fourth-order valence-corrected chi connectivity index (χ4v) is 27.4. The maximum Gasteiger partial charge on any atom is 0.315 e. The second kappa shape index (κ2) is 11.3. The highest BCUT2D eigenvalue weighted by Gasteiger charge is 2.46. The molecule has 0 spiro atoms. The lowest BCUT2D eigenvalue weighted by Crippen LogP contribution is -2.59. The third kappa shape index (κ3) is 13.4. The fraction of sp³-hybridized carbons (Fsp3) is 1.00. The molecule has 0 amide bonds. The minimum absolute atomic E-state index is 0.279. The van der Waals surface area contributed by atoms with E-state index in [1.54, 1.807) is 0 Å². The smallest absolute Gasteiger partial charge is 0.315 e. The third-order valence-electron chi connectivity index (χ3n) is 4.27. The van der Waals surface area contributed by atoms with Crippen LogP contribution in [0.1, 0.15) is 19.3 Å². The van der Waals surface area contributed by atoms with Gasteiger partial charge in [-0.3, -0.25) is 0 Å². The molecule has 2 atom stereocenters. The van der Waals surface area contributed by atoms with Crippen LogP contribution < -0.4 is 0 Å². The Morgan fingerprint density at radius 1 is 0.733 bits per heavy atom. The van der Waals surface area contributed by atoms with E-state index in [0.717, 1.165) is 38.5 Å². The minimum Gasteiger partial charge on any atom is -0.437 e. The summed E-state index contributed by atoms with van der Waals surface area (Å²) in [5, 5.41) is 0. The molecule has 0 N–H and O–H groups in total. The fourth-order valence-electron chi connectivity index (χ4n) is 4.15. The van der Waals surface area contributed by atoms with Crippen LogP contribution in [0.2, 0.25) is 78.1 Å². The first kappa shape index (κ1) is 28.9. The Labute approximate surface area is 191 Å². The molecule has 0 bridgehead atoms. The van der Waals surface area contributed by atoms with Gasteiger partial charge in [0, 0.05) is 13.2 Å². The molecule has 6 nitrogen and oxygen atoms in total. The molecular formula is C19H48O6Si5. The molecule has 1 aliphatic heterocycles. The van der Waals surface area contributed by atoms with E-state index in [1.165, 1.54) is 0 Å². The molecule has 30 heavy (non-hydrogen) atoms. The summed E-state index contributed by atoms with van der Waals surface area (Å²) in [6.45, 7) is 26.4. The van der Waals surface area contributed by atoms with Crippen molar-refractivity contribution >= 4 is 42.3 Å². The standard InChI is InChI=1S/C19H48O6Si5/c1-26(2,3)22-28(7,8)24-29(9,10)25-30(11,23-27(4,5)6)17-13-15-20-18-19-14-12-16-21-19/h19H,12-18H2,1-11H3. The lowest BCUT2D eigenvalue weighted by molar-refractivity contribution is 0.0172. The van der Waals surface area contributed by atoms with Crippen LogP contribution in [0.5, 0.6) is 0 Å². The summed E-state index contributed by atoms with van der Waals surface area (Å²) in [6.07, 6.45) is 3.49. The van der Waals surface area contributed by atoms with E-state index in [4.69, 9.17) is 25.9 Å². The molecule has 2 unspecified atom stereocenters. The van der Waals surface area contributed by atoms with Crippen LogP contribution in [0.4, 0.5) is 0 Å². The summed E-state index contributed by atoms with van der Waals surface area (Å²) in [6, 6.07) is 0.916. The Bertz CT molecular complexity index is 515. The van der Waals surface area contributed by atoms with Crippen molar-refractivity contribution in [3.63, 3.8) is 0 Å². The van der Waals surface area contributed by atoms with E-state index in [1.807, 2.05) is 0 Å². The molecular weight excluding hydrogens is 465 g/mol. The van der Waals surface area contributed by atoms with E-state index in [-0.39, 0.29) is 6.10 Å². The van der Waals surface area contributed by atoms with Crippen LogP contribution in [0.15, 0.2) is 0 Å². The quantitative estimate of drug-likeness (QED) is 0.217. The molecule has 1 heterocycles. The molecule has 1 fully saturated rings. The van der Waals surface area contributed by atoms with Crippen molar-refractivity contribution in [1.82, 2.24) is 0 Å². The van der Waals surface area contributed by atoms with Gasteiger partial charge in [0.15, 0.2) is 16.6 Å². The van der Waals surface area contributed by atoms with Crippen LogP contribution in [-0.4, -0.2) is 68.2 Å². The average Bonchev–Trinajstić information content (AvgIpc) is 2.92. The van der Waals surface area contributed by atoms with E-state index in [2.05, 4.69) is 72.0 Å². The highest BCUT2D eigenvalue weighted by Crippen LogP contribution is 2.29. The second-order valence-corrected chi connectivity index (χ2v) is 31.5. The average molecular weight is 513 g/mol. The Balaban J connectivity index is 2.67. The van der Waals surface area contributed by atoms with E-state index in [0.29, 0.717) is 6.61 Å². The van der Waals surface area contributed by atoms with Crippen molar-refractivity contribution in [2.75, 3.05) is 19.8 Å². The van der Waals surface area contributed by atoms with Crippen LogP contribution in [-0.2, 0) is 25.9 Å². The Hall–Kier alpha value is 0.844. The maximum atomic E-state index is 6.79. The molecule has 180 valence electrons. The van der Waals surface area contributed by atoms with E-state index in [9.17, 15) is 0 Å². The predicted octanol–water partition coefficient (Wildman–Crippen LogP) is 5.78. The Morgan fingerprint density at radius 2 is 1.30 bits per heavy atom. The minimum atomic E-state index is -2.41. The lowest BCUT2D eigenvalue weighted by atomic mass is 10.2. The van der Waals surface area contributed by atoms with E-state index >= 15 is 0 Å². The highest BCUT2D eigenvalue weighted by atomic mass is 28.5. The summed E-state index contributed by atoms with van der Waals surface area (Å²) in [4.78, 5) is 0. The Kier molecular flexibility index (Phi) is 10.9. The number of hydrogen-bond donors (Lipinski definition) is 0. The van der Waals surface area contributed by atoms with Gasteiger partial charge in [-0.1, -0.05) is 0 Å². The topological polar surface area (TPSA) is 55.4 Å². The molecule has 1 saturated heterocycles. The van der Waals surface area contributed by atoms with Gasteiger partial charge in [-0.15, -0.1) is 0 Å². The monoisotopic (exact) mass is 512 g/mol. The van der Waals surface area contributed by atoms with E-state index < -0.39 is 42.3 Å². The SMILES string of the molecule is C[Si](C)(C)O[Si](C)(C)O[Si](C)(C)O[Si](C)(CCCOCC1CCCO1)O[Si](C)(C)C. The zero-order chi connectivity index (χ0) is 23.3. The zero-order valence-electron chi connectivity index (χ0n) is 21.5.